The van der Waals surface area contributed by atoms with Gasteiger partial charge >= 0.3 is 0 Å². The normalized spacial score (nSPS) is 18.5. The predicted octanol–water partition coefficient (Wildman–Crippen LogP) is 4.51. The molecule has 1 atom stereocenters. The van der Waals surface area contributed by atoms with Gasteiger partial charge in [0, 0.05) is 23.7 Å². The third-order valence-corrected chi connectivity index (χ3v) is 4.14. The van der Waals surface area contributed by atoms with Crippen molar-refractivity contribution < 1.29 is 0 Å². The molecule has 1 aliphatic rings. The van der Waals surface area contributed by atoms with Crippen molar-refractivity contribution >= 4 is 11.6 Å². The maximum absolute atomic E-state index is 6.39. The van der Waals surface area contributed by atoms with Crippen LogP contribution in [-0.2, 0) is 6.42 Å². The van der Waals surface area contributed by atoms with Crippen LogP contribution in [0.1, 0.15) is 49.8 Å². The molecule has 0 amide bonds. The lowest BCUT2D eigenvalue weighted by molar-refractivity contribution is 0.475. The van der Waals surface area contributed by atoms with Gasteiger partial charge in [0.1, 0.15) is 0 Å². The van der Waals surface area contributed by atoms with E-state index in [0.29, 0.717) is 0 Å². The average molecular weight is 252 g/mol. The molecule has 94 valence electrons. The van der Waals surface area contributed by atoms with E-state index in [4.69, 9.17) is 11.6 Å². The lowest BCUT2D eigenvalue weighted by Crippen LogP contribution is -2.07. The molecule has 0 aliphatic heterocycles. The Labute approximate surface area is 110 Å². The molecule has 0 bridgehead atoms. The number of hydrogen-bond donors (Lipinski definition) is 0. The quantitative estimate of drug-likeness (QED) is 0.702. The summed E-state index contributed by atoms with van der Waals surface area (Å²) in [6, 6.07) is 4.21. The van der Waals surface area contributed by atoms with Crippen LogP contribution in [0.15, 0.2) is 18.3 Å². The zero-order chi connectivity index (χ0) is 12.1. The Morgan fingerprint density at radius 2 is 2.12 bits per heavy atom. The molecule has 0 saturated heterocycles. The van der Waals surface area contributed by atoms with Crippen molar-refractivity contribution in [2.24, 2.45) is 5.92 Å². The molecule has 1 fully saturated rings. The zero-order valence-electron chi connectivity index (χ0n) is 10.7. The minimum atomic E-state index is 0.255. The van der Waals surface area contributed by atoms with Crippen molar-refractivity contribution in [1.29, 1.82) is 0 Å². The summed E-state index contributed by atoms with van der Waals surface area (Å²) < 4.78 is 0. The van der Waals surface area contributed by atoms with Crippen molar-refractivity contribution in [3.63, 3.8) is 0 Å². The molecule has 17 heavy (non-hydrogen) atoms. The standard InChI is InChI=1S/C15H22ClN/c1-12-6-9-15(17-11-12)10-14(16)8-7-13-4-2-3-5-13/h6,9,11,13-14H,2-5,7-8,10H2,1H3. The van der Waals surface area contributed by atoms with E-state index in [-0.39, 0.29) is 5.38 Å². The van der Waals surface area contributed by atoms with E-state index in [0.717, 1.165) is 24.5 Å². The Balaban J connectivity index is 1.72. The van der Waals surface area contributed by atoms with Crippen molar-refractivity contribution in [2.45, 2.75) is 57.2 Å². The summed E-state index contributed by atoms with van der Waals surface area (Å²) in [7, 11) is 0. The molecule has 1 aromatic rings. The topological polar surface area (TPSA) is 12.9 Å². The van der Waals surface area contributed by atoms with E-state index >= 15 is 0 Å². The molecule has 0 N–H and O–H groups in total. The fourth-order valence-corrected chi connectivity index (χ4v) is 2.95. The van der Waals surface area contributed by atoms with Crippen LogP contribution in [0.5, 0.6) is 0 Å². The molecule has 2 heteroatoms. The summed E-state index contributed by atoms with van der Waals surface area (Å²) >= 11 is 6.39. The number of alkyl halides is 1. The molecular weight excluding hydrogens is 230 g/mol. The molecule has 1 saturated carbocycles. The molecule has 1 unspecified atom stereocenters. The van der Waals surface area contributed by atoms with Gasteiger partial charge in [0.15, 0.2) is 0 Å². The van der Waals surface area contributed by atoms with Crippen molar-refractivity contribution in [3.8, 4) is 0 Å². The van der Waals surface area contributed by atoms with Crippen molar-refractivity contribution in [1.82, 2.24) is 4.98 Å². The molecular formula is C15H22ClN. The third kappa shape index (κ3) is 4.31. The molecule has 0 spiro atoms. The van der Waals surface area contributed by atoms with Gasteiger partial charge in [-0.05, 0) is 37.3 Å². The lowest BCUT2D eigenvalue weighted by atomic mass is 9.99. The highest BCUT2D eigenvalue weighted by atomic mass is 35.5. The molecule has 1 heterocycles. The van der Waals surface area contributed by atoms with Crippen LogP contribution < -0.4 is 0 Å². The van der Waals surface area contributed by atoms with Gasteiger partial charge in [0.05, 0.1) is 0 Å². The van der Waals surface area contributed by atoms with Crippen LogP contribution in [0.25, 0.3) is 0 Å². The summed E-state index contributed by atoms with van der Waals surface area (Å²) in [6.45, 7) is 2.06. The lowest BCUT2D eigenvalue weighted by Gasteiger charge is -2.12. The fourth-order valence-electron chi connectivity index (χ4n) is 2.66. The minimum absolute atomic E-state index is 0.255. The molecule has 0 radical (unpaired) electrons. The van der Waals surface area contributed by atoms with Crippen LogP contribution in [0.3, 0.4) is 0 Å². The summed E-state index contributed by atoms with van der Waals surface area (Å²) in [6.07, 6.45) is 11.0. The first kappa shape index (κ1) is 12.9. The SMILES string of the molecule is Cc1ccc(CC(Cl)CCC2CCCC2)nc1. The maximum Gasteiger partial charge on any atom is 0.0418 e. The number of pyridine rings is 1. The highest BCUT2D eigenvalue weighted by Crippen LogP contribution is 2.30. The van der Waals surface area contributed by atoms with Crippen LogP contribution in [0, 0.1) is 12.8 Å². The highest BCUT2D eigenvalue weighted by Gasteiger charge is 2.16. The summed E-state index contributed by atoms with van der Waals surface area (Å²) in [4.78, 5) is 4.41. The second kappa shape index (κ2) is 6.39. The van der Waals surface area contributed by atoms with Gasteiger partial charge < -0.3 is 0 Å². The Bertz CT molecular complexity index is 327. The van der Waals surface area contributed by atoms with E-state index in [1.807, 2.05) is 6.20 Å². The number of halogens is 1. The smallest absolute Gasteiger partial charge is 0.0418 e. The average Bonchev–Trinajstić information content (AvgIpc) is 2.83. The third-order valence-electron chi connectivity index (χ3n) is 3.77. The summed E-state index contributed by atoms with van der Waals surface area (Å²) in [5, 5.41) is 0.255. The second-order valence-electron chi connectivity index (χ2n) is 5.36. The fraction of sp³-hybridized carbons (Fsp3) is 0.667. The van der Waals surface area contributed by atoms with Gasteiger partial charge in [-0.15, -0.1) is 11.6 Å². The number of aryl methyl sites for hydroxylation is 1. The van der Waals surface area contributed by atoms with E-state index in [1.165, 1.54) is 37.7 Å². The van der Waals surface area contributed by atoms with Crippen molar-refractivity contribution in [3.05, 3.63) is 29.6 Å². The Morgan fingerprint density at radius 3 is 2.76 bits per heavy atom. The predicted molar refractivity (Wildman–Crippen MR) is 73.5 cm³/mol. The monoisotopic (exact) mass is 251 g/mol. The first-order chi connectivity index (χ1) is 8.24. The Morgan fingerprint density at radius 1 is 1.35 bits per heavy atom. The zero-order valence-corrected chi connectivity index (χ0v) is 11.4. The first-order valence-corrected chi connectivity index (χ1v) is 7.23. The molecule has 2 rings (SSSR count). The van der Waals surface area contributed by atoms with E-state index in [9.17, 15) is 0 Å². The van der Waals surface area contributed by atoms with Gasteiger partial charge in [0.2, 0.25) is 0 Å². The van der Waals surface area contributed by atoms with Crippen LogP contribution in [0.2, 0.25) is 0 Å². The number of aromatic nitrogens is 1. The number of rotatable bonds is 5. The van der Waals surface area contributed by atoms with Gasteiger partial charge in [-0.1, -0.05) is 31.7 Å². The van der Waals surface area contributed by atoms with Gasteiger partial charge in [-0.25, -0.2) is 0 Å². The van der Waals surface area contributed by atoms with Crippen LogP contribution in [0.4, 0.5) is 0 Å². The van der Waals surface area contributed by atoms with E-state index < -0.39 is 0 Å². The first-order valence-electron chi connectivity index (χ1n) is 6.79. The molecule has 1 nitrogen and oxygen atoms in total. The van der Waals surface area contributed by atoms with Crippen LogP contribution >= 0.6 is 11.6 Å². The number of hydrogen-bond acceptors (Lipinski definition) is 1. The largest absolute Gasteiger partial charge is 0.261 e. The second-order valence-corrected chi connectivity index (χ2v) is 5.97. The van der Waals surface area contributed by atoms with Gasteiger partial charge in [-0.2, -0.15) is 0 Å². The van der Waals surface area contributed by atoms with Gasteiger partial charge in [0.25, 0.3) is 0 Å². The minimum Gasteiger partial charge on any atom is -0.261 e. The van der Waals surface area contributed by atoms with E-state index in [1.54, 1.807) is 0 Å². The molecule has 1 aromatic heterocycles. The van der Waals surface area contributed by atoms with Crippen molar-refractivity contribution in [2.75, 3.05) is 0 Å². The Kier molecular flexibility index (Phi) is 4.85. The van der Waals surface area contributed by atoms with Crippen LogP contribution in [-0.4, -0.2) is 10.4 Å². The molecule has 1 aliphatic carbocycles. The summed E-state index contributed by atoms with van der Waals surface area (Å²) in [5.41, 5.74) is 2.34. The van der Waals surface area contributed by atoms with E-state index in [2.05, 4.69) is 24.0 Å². The Hall–Kier alpha value is -0.560. The summed E-state index contributed by atoms with van der Waals surface area (Å²) in [5.74, 6) is 0.947. The number of nitrogens with zero attached hydrogens (tertiary/aromatic N) is 1. The maximum atomic E-state index is 6.39. The highest BCUT2D eigenvalue weighted by molar-refractivity contribution is 6.20. The van der Waals surface area contributed by atoms with Gasteiger partial charge in [-0.3, -0.25) is 4.98 Å². The molecule has 0 aromatic carbocycles.